The first-order chi connectivity index (χ1) is 12.8. The fourth-order valence-corrected chi connectivity index (χ4v) is 5.15. The van der Waals surface area contributed by atoms with Gasteiger partial charge in [-0.05, 0) is 31.4 Å². The van der Waals surface area contributed by atoms with Gasteiger partial charge in [-0.25, -0.2) is 4.79 Å². The summed E-state index contributed by atoms with van der Waals surface area (Å²) < 4.78 is 44.1. The quantitative estimate of drug-likeness (QED) is 0.841. The van der Waals surface area contributed by atoms with Crippen LogP contribution in [0, 0.1) is 11.3 Å². The van der Waals surface area contributed by atoms with Crippen molar-refractivity contribution >= 4 is 11.7 Å². The molecule has 4 rings (SSSR count). The molecule has 1 spiro atoms. The number of ether oxygens (including phenoxy) is 1. The molecule has 2 heterocycles. The van der Waals surface area contributed by atoms with Crippen LogP contribution in [0.15, 0.2) is 23.1 Å². The number of aromatic nitrogens is 1. The SMILES string of the molecule is O=C(Nc1cccn(CC(F)(F)F)c1=O)N[C@@H]1[C@@H]2CCO[C@@H]2C12CCCC2. The van der Waals surface area contributed by atoms with Gasteiger partial charge in [0, 0.05) is 30.2 Å². The third-order valence-electron chi connectivity index (χ3n) is 6.19. The van der Waals surface area contributed by atoms with E-state index in [0.717, 1.165) is 38.3 Å². The van der Waals surface area contributed by atoms with Gasteiger partial charge in [-0.2, -0.15) is 13.2 Å². The molecule has 2 N–H and O–H groups in total. The van der Waals surface area contributed by atoms with E-state index in [0.29, 0.717) is 11.2 Å². The Morgan fingerprint density at radius 1 is 1.33 bits per heavy atom. The zero-order chi connectivity index (χ0) is 19.2. The van der Waals surface area contributed by atoms with Gasteiger partial charge in [0.2, 0.25) is 0 Å². The molecule has 3 atom stereocenters. The van der Waals surface area contributed by atoms with Gasteiger partial charge in [0.15, 0.2) is 0 Å². The maximum atomic E-state index is 12.6. The van der Waals surface area contributed by atoms with Crippen molar-refractivity contribution in [3.63, 3.8) is 0 Å². The highest BCUT2D eigenvalue weighted by molar-refractivity contribution is 5.89. The summed E-state index contributed by atoms with van der Waals surface area (Å²) in [5.41, 5.74) is -1.08. The zero-order valence-electron chi connectivity index (χ0n) is 14.7. The lowest BCUT2D eigenvalue weighted by Crippen LogP contribution is -2.68. The van der Waals surface area contributed by atoms with Crippen LogP contribution < -0.4 is 16.2 Å². The molecule has 1 aromatic heterocycles. The van der Waals surface area contributed by atoms with E-state index < -0.39 is 24.3 Å². The largest absolute Gasteiger partial charge is 0.406 e. The number of nitrogens with one attached hydrogen (secondary N) is 2. The van der Waals surface area contributed by atoms with Gasteiger partial charge in [0.25, 0.3) is 5.56 Å². The molecule has 2 aliphatic carbocycles. The van der Waals surface area contributed by atoms with Gasteiger partial charge in [0.1, 0.15) is 12.2 Å². The number of rotatable bonds is 3. The minimum atomic E-state index is -4.51. The Morgan fingerprint density at radius 2 is 2.07 bits per heavy atom. The number of urea groups is 1. The predicted octanol–water partition coefficient (Wildman–Crippen LogP) is 2.88. The number of alkyl halides is 3. The van der Waals surface area contributed by atoms with Crippen LogP contribution >= 0.6 is 0 Å². The standard InChI is InChI=1S/C18H22F3N3O3/c19-18(20,21)10-24-8-3-4-12(15(24)25)22-16(26)23-13-11-5-9-27-14(11)17(13)6-1-2-7-17/h3-4,8,11,13-14H,1-2,5-7,9-10H2,(H2,22,23,26)/t11-,13+,14-/m0/s1. The first-order valence-corrected chi connectivity index (χ1v) is 9.25. The molecule has 1 aliphatic heterocycles. The topological polar surface area (TPSA) is 72.4 Å². The molecule has 2 saturated carbocycles. The van der Waals surface area contributed by atoms with Gasteiger partial charge in [0.05, 0.1) is 6.10 Å². The first kappa shape index (κ1) is 18.3. The summed E-state index contributed by atoms with van der Waals surface area (Å²) in [4.78, 5) is 24.6. The molecule has 0 aromatic carbocycles. The van der Waals surface area contributed by atoms with Gasteiger partial charge in [-0.3, -0.25) is 4.79 Å². The van der Waals surface area contributed by atoms with Crippen molar-refractivity contribution in [3.8, 4) is 0 Å². The summed E-state index contributed by atoms with van der Waals surface area (Å²) in [6.45, 7) is -0.701. The van der Waals surface area contributed by atoms with E-state index in [9.17, 15) is 22.8 Å². The van der Waals surface area contributed by atoms with Crippen molar-refractivity contribution < 1.29 is 22.7 Å². The number of carbonyl (C=O) groups excluding carboxylic acids is 1. The van der Waals surface area contributed by atoms with Crippen molar-refractivity contribution in [1.29, 1.82) is 0 Å². The second-order valence-corrected chi connectivity index (χ2v) is 7.73. The van der Waals surface area contributed by atoms with E-state index in [-0.39, 0.29) is 29.2 Å². The van der Waals surface area contributed by atoms with Crippen molar-refractivity contribution in [3.05, 3.63) is 28.7 Å². The van der Waals surface area contributed by atoms with Crippen LogP contribution in [0.5, 0.6) is 0 Å². The fraction of sp³-hybridized carbons (Fsp3) is 0.667. The summed E-state index contributed by atoms with van der Waals surface area (Å²) in [6.07, 6.45) is 1.83. The van der Waals surface area contributed by atoms with Crippen LogP contribution in [0.3, 0.4) is 0 Å². The summed E-state index contributed by atoms with van der Waals surface area (Å²) in [5.74, 6) is 0.270. The average molecular weight is 385 g/mol. The highest BCUT2D eigenvalue weighted by Crippen LogP contribution is 2.60. The smallest absolute Gasteiger partial charge is 0.377 e. The molecular weight excluding hydrogens is 363 g/mol. The van der Waals surface area contributed by atoms with Crippen LogP contribution in [0.2, 0.25) is 0 Å². The number of amides is 2. The van der Waals surface area contributed by atoms with Crippen LogP contribution in [0.1, 0.15) is 32.1 Å². The monoisotopic (exact) mass is 385 g/mol. The molecule has 27 heavy (non-hydrogen) atoms. The number of anilines is 1. The Bertz CT molecular complexity index is 786. The Kier molecular flexibility index (Phi) is 4.44. The number of nitrogens with zero attached hydrogens (tertiary/aromatic N) is 1. The van der Waals surface area contributed by atoms with E-state index in [2.05, 4.69) is 10.6 Å². The molecule has 0 radical (unpaired) electrons. The third kappa shape index (κ3) is 3.22. The lowest BCUT2D eigenvalue weighted by Gasteiger charge is -2.56. The van der Waals surface area contributed by atoms with E-state index >= 15 is 0 Å². The molecule has 1 aromatic rings. The molecular formula is C18H22F3N3O3. The van der Waals surface area contributed by atoms with E-state index in [1.54, 1.807) is 0 Å². The van der Waals surface area contributed by atoms with Crippen molar-refractivity contribution in [1.82, 2.24) is 9.88 Å². The predicted molar refractivity (Wildman–Crippen MR) is 91.4 cm³/mol. The lowest BCUT2D eigenvalue weighted by molar-refractivity contribution is -0.141. The number of carbonyl (C=O) groups is 1. The average Bonchev–Trinajstić information content (AvgIpc) is 3.23. The van der Waals surface area contributed by atoms with Crippen molar-refractivity contribution in [2.75, 3.05) is 11.9 Å². The van der Waals surface area contributed by atoms with Crippen LogP contribution in [-0.4, -0.2) is 35.5 Å². The molecule has 9 heteroatoms. The molecule has 1 saturated heterocycles. The third-order valence-corrected chi connectivity index (χ3v) is 6.19. The highest BCUT2D eigenvalue weighted by atomic mass is 19.4. The lowest BCUT2D eigenvalue weighted by atomic mass is 9.54. The molecule has 6 nitrogen and oxygen atoms in total. The maximum Gasteiger partial charge on any atom is 0.406 e. The number of pyridine rings is 1. The molecule has 148 valence electrons. The molecule has 3 fully saturated rings. The second-order valence-electron chi connectivity index (χ2n) is 7.73. The highest BCUT2D eigenvalue weighted by Gasteiger charge is 2.65. The van der Waals surface area contributed by atoms with Crippen molar-refractivity contribution in [2.45, 2.75) is 57.0 Å². The first-order valence-electron chi connectivity index (χ1n) is 9.25. The van der Waals surface area contributed by atoms with Crippen LogP contribution in [0.4, 0.5) is 23.7 Å². The van der Waals surface area contributed by atoms with Gasteiger partial charge in [-0.15, -0.1) is 0 Å². The van der Waals surface area contributed by atoms with Gasteiger partial charge in [-0.1, -0.05) is 12.8 Å². The number of halogens is 3. The van der Waals surface area contributed by atoms with Crippen LogP contribution in [0.25, 0.3) is 0 Å². The normalized spacial score (nSPS) is 28.6. The van der Waals surface area contributed by atoms with E-state index in [1.807, 2.05) is 0 Å². The second kappa shape index (κ2) is 6.54. The maximum absolute atomic E-state index is 12.6. The van der Waals surface area contributed by atoms with Gasteiger partial charge >= 0.3 is 12.2 Å². The molecule has 3 aliphatic rings. The fourth-order valence-electron chi connectivity index (χ4n) is 5.15. The van der Waals surface area contributed by atoms with E-state index in [1.165, 1.54) is 12.1 Å². The Morgan fingerprint density at radius 3 is 2.78 bits per heavy atom. The summed E-state index contributed by atoms with van der Waals surface area (Å²) in [6, 6.07) is 2.04. The number of hydrogen-bond donors (Lipinski definition) is 2. The van der Waals surface area contributed by atoms with E-state index in [4.69, 9.17) is 4.74 Å². The number of hydrogen-bond acceptors (Lipinski definition) is 3. The van der Waals surface area contributed by atoms with Gasteiger partial charge < -0.3 is 19.9 Å². The molecule has 2 amide bonds. The van der Waals surface area contributed by atoms with Crippen LogP contribution in [-0.2, 0) is 11.3 Å². The summed E-state index contributed by atoms with van der Waals surface area (Å²) in [7, 11) is 0. The molecule has 0 unspecified atom stereocenters. The Balaban J connectivity index is 1.46. The van der Waals surface area contributed by atoms with Crippen molar-refractivity contribution in [2.24, 2.45) is 11.3 Å². The minimum Gasteiger partial charge on any atom is -0.377 e. The Labute approximate surface area is 154 Å². The summed E-state index contributed by atoms with van der Waals surface area (Å²) in [5, 5.41) is 5.39. The summed E-state index contributed by atoms with van der Waals surface area (Å²) >= 11 is 0. The number of fused-ring (bicyclic) bond motifs is 2. The minimum absolute atomic E-state index is 0.0198. The Hall–Kier alpha value is -2.03. The molecule has 0 bridgehead atoms. The zero-order valence-corrected chi connectivity index (χ0v) is 14.7.